The van der Waals surface area contributed by atoms with E-state index in [1.807, 2.05) is 12.1 Å². The SMILES string of the molecule is O=C(O)CN(C(=O)NCc1ccccn1)C1CCCC1. The van der Waals surface area contributed by atoms with Gasteiger partial charge in [-0.3, -0.25) is 9.78 Å². The highest BCUT2D eigenvalue weighted by atomic mass is 16.4. The minimum atomic E-state index is -0.982. The molecule has 0 bridgehead atoms. The number of pyridine rings is 1. The molecular weight excluding hydrogens is 258 g/mol. The Bertz CT molecular complexity index is 458. The van der Waals surface area contributed by atoms with E-state index >= 15 is 0 Å². The molecule has 2 rings (SSSR count). The zero-order valence-corrected chi connectivity index (χ0v) is 11.3. The topological polar surface area (TPSA) is 82.5 Å². The predicted molar refractivity (Wildman–Crippen MR) is 73.1 cm³/mol. The summed E-state index contributed by atoms with van der Waals surface area (Å²) in [5.41, 5.74) is 0.752. The van der Waals surface area contributed by atoms with Crippen LogP contribution in [-0.2, 0) is 11.3 Å². The molecule has 1 aromatic rings. The summed E-state index contributed by atoms with van der Waals surface area (Å²) in [6.07, 6.45) is 5.52. The van der Waals surface area contributed by atoms with Crippen LogP contribution in [0.25, 0.3) is 0 Å². The number of nitrogens with one attached hydrogen (secondary N) is 1. The highest BCUT2D eigenvalue weighted by Crippen LogP contribution is 2.23. The Labute approximate surface area is 117 Å². The maximum absolute atomic E-state index is 12.2. The molecule has 0 radical (unpaired) electrons. The molecule has 0 aromatic carbocycles. The number of hydrogen-bond donors (Lipinski definition) is 2. The van der Waals surface area contributed by atoms with Gasteiger partial charge in [-0.2, -0.15) is 0 Å². The minimum Gasteiger partial charge on any atom is -0.480 e. The molecule has 1 aliphatic rings. The standard InChI is InChI=1S/C14H19N3O3/c18-13(19)10-17(12-6-1-2-7-12)14(20)16-9-11-5-3-4-8-15-11/h3-5,8,12H,1-2,6-7,9-10H2,(H,16,20)(H,18,19). The second kappa shape index (κ2) is 6.88. The molecule has 6 heteroatoms. The van der Waals surface area contributed by atoms with Gasteiger partial charge in [0.05, 0.1) is 12.2 Å². The van der Waals surface area contributed by atoms with Gasteiger partial charge < -0.3 is 15.3 Å². The fraction of sp³-hybridized carbons (Fsp3) is 0.500. The van der Waals surface area contributed by atoms with E-state index in [9.17, 15) is 9.59 Å². The summed E-state index contributed by atoms with van der Waals surface area (Å²) < 4.78 is 0. The van der Waals surface area contributed by atoms with Crippen LogP contribution in [0.2, 0.25) is 0 Å². The van der Waals surface area contributed by atoms with Crippen molar-refractivity contribution in [1.82, 2.24) is 15.2 Å². The summed E-state index contributed by atoms with van der Waals surface area (Å²) in [4.78, 5) is 28.6. The van der Waals surface area contributed by atoms with Crippen LogP contribution in [0.1, 0.15) is 31.4 Å². The highest BCUT2D eigenvalue weighted by Gasteiger charge is 2.28. The Morgan fingerprint density at radius 1 is 1.35 bits per heavy atom. The Balaban J connectivity index is 1.93. The molecule has 1 aliphatic carbocycles. The van der Waals surface area contributed by atoms with Crippen LogP contribution in [0.3, 0.4) is 0 Å². The fourth-order valence-electron chi connectivity index (χ4n) is 2.50. The first-order chi connectivity index (χ1) is 9.66. The Morgan fingerprint density at radius 3 is 2.70 bits per heavy atom. The first-order valence-corrected chi connectivity index (χ1v) is 6.83. The summed E-state index contributed by atoms with van der Waals surface area (Å²) in [5, 5.41) is 11.7. The monoisotopic (exact) mass is 277 g/mol. The number of nitrogens with zero attached hydrogens (tertiary/aromatic N) is 2. The van der Waals surface area contributed by atoms with Gasteiger partial charge in [0.1, 0.15) is 6.54 Å². The van der Waals surface area contributed by atoms with E-state index in [0.717, 1.165) is 31.4 Å². The van der Waals surface area contributed by atoms with Gasteiger partial charge in [-0.15, -0.1) is 0 Å². The number of carboxylic acid groups (broad SMARTS) is 1. The quantitative estimate of drug-likeness (QED) is 0.856. The number of carbonyl (C=O) groups is 2. The van der Waals surface area contributed by atoms with Crippen molar-refractivity contribution in [2.24, 2.45) is 0 Å². The van der Waals surface area contributed by atoms with Crippen LogP contribution < -0.4 is 5.32 Å². The third-order valence-corrected chi connectivity index (χ3v) is 3.48. The molecule has 1 saturated carbocycles. The van der Waals surface area contributed by atoms with Crippen LogP contribution >= 0.6 is 0 Å². The summed E-state index contributed by atoms with van der Waals surface area (Å²) in [6.45, 7) is 0.0568. The van der Waals surface area contributed by atoms with Crippen molar-refractivity contribution in [3.8, 4) is 0 Å². The minimum absolute atomic E-state index is 0.0369. The van der Waals surface area contributed by atoms with Gasteiger partial charge in [0.15, 0.2) is 0 Å². The normalized spacial score (nSPS) is 15.0. The Hall–Kier alpha value is -2.11. The van der Waals surface area contributed by atoms with Crippen LogP contribution in [0.5, 0.6) is 0 Å². The van der Waals surface area contributed by atoms with Crippen LogP contribution in [-0.4, -0.2) is 39.6 Å². The van der Waals surface area contributed by atoms with E-state index in [2.05, 4.69) is 10.3 Å². The molecule has 20 heavy (non-hydrogen) atoms. The second-order valence-electron chi connectivity index (χ2n) is 4.94. The van der Waals surface area contributed by atoms with Gasteiger partial charge >= 0.3 is 12.0 Å². The lowest BCUT2D eigenvalue weighted by Gasteiger charge is -2.27. The summed E-state index contributed by atoms with van der Waals surface area (Å²) >= 11 is 0. The molecule has 108 valence electrons. The lowest BCUT2D eigenvalue weighted by Crippen LogP contribution is -2.47. The van der Waals surface area contributed by atoms with Gasteiger partial charge in [-0.05, 0) is 25.0 Å². The smallest absolute Gasteiger partial charge is 0.323 e. The molecule has 0 spiro atoms. The van der Waals surface area contributed by atoms with Crippen LogP contribution in [0.4, 0.5) is 4.79 Å². The van der Waals surface area contributed by atoms with Crippen molar-refractivity contribution in [2.75, 3.05) is 6.54 Å². The third-order valence-electron chi connectivity index (χ3n) is 3.48. The number of carbonyl (C=O) groups excluding carboxylic acids is 1. The molecule has 1 fully saturated rings. The first-order valence-electron chi connectivity index (χ1n) is 6.83. The van der Waals surface area contributed by atoms with Crippen LogP contribution in [0, 0.1) is 0 Å². The Kier molecular flexibility index (Phi) is 4.92. The molecule has 0 unspecified atom stereocenters. The number of aromatic nitrogens is 1. The van der Waals surface area contributed by atoms with Crippen LogP contribution in [0.15, 0.2) is 24.4 Å². The van der Waals surface area contributed by atoms with E-state index in [0.29, 0.717) is 6.54 Å². The number of amides is 2. The van der Waals surface area contributed by atoms with Crippen molar-refractivity contribution in [3.63, 3.8) is 0 Å². The van der Waals surface area contributed by atoms with E-state index < -0.39 is 5.97 Å². The van der Waals surface area contributed by atoms with Gasteiger partial charge in [0, 0.05) is 12.2 Å². The average Bonchev–Trinajstić information content (AvgIpc) is 2.97. The van der Waals surface area contributed by atoms with E-state index in [1.165, 1.54) is 4.90 Å². The molecule has 1 aromatic heterocycles. The van der Waals surface area contributed by atoms with Crippen molar-refractivity contribution in [2.45, 2.75) is 38.3 Å². The number of urea groups is 1. The molecule has 0 atom stereocenters. The zero-order chi connectivity index (χ0) is 14.4. The highest BCUT2D eigenvalue weighted by molar-refractivity contribution is 5.80. The number of rotatable bonds is 5. The number of carboxylic acids is 1. The third kappa shape index (κ3) is 3.94. The first kappa shape index (κ1) is 14.3. The molecule has 1 heterocycles. The van der Waals surface area contributed by atoms with Gasteiger partial charge in [-0.25, -0.2) is 4.79 Å². The largest absolute Gasteiger partial charge is 0.480 e. The van der Waals surface area contributed by atoms with E-state index in [4.69, 9.17) is 5.11 Å². The number of hydrogen-bond acceptors (Lipinski definition) is 3. The van der Waals surface area contributed by atoms with Crippen molar-refractivity contribution in [3.05, 3.63) is 30.1 Å². The predicted octanol–water partition coefficient (Wildman–Crippen LogP) is 1.62. The van der Waals surface area contributed by atoms with Crippen molar-refractivity contribution < 1.29 is 14.7 Å². The molecule has 2 N–H and O–H groups in total. The van der Waals surface area contributed by atoms with Gasteiger partial charge in [0.25, 0.3) is 0 Å². The van der Waals surface area contributed by atoms with E-state index in [1.54, 1.807) is 12.3 Å². The summed E-state index contributed by atoms with van der Waals surface area (Å²) in [5.74, 6) is -0.982. The van der Waals surface area contributed by atoms with Crippen molar-refractivity contribution in [1.29, 1.82) is 0 Å². The van der Waals surface area contributed by atoms with Gasteiger partial charge in [0.2, 0.25) is 0 Å². The maximum atomic E-state index is 12.2. The zero-order valence-electron chi connectivity index (χ0n) is 11.3. The summed E-state index contributed by atoms with van der Waals surface area (Å²) in [7, 11) is 0. The van der Waals surface area contributed by atoms with E-state index in [-0.39, 0.29) is 18.6 Å². The molecule has 0 saturated heterocycles. The molecule has 6 nitrogen and oxygen atoms in total. The molecule has 0 aliphatic heterocycles. The Morgan fingerprint density at radius 2 is 2.10 bits per heavy atom. The summed E-state index contributed by atoms with van der Waals surface area (Å²) in [6, 6.07) is 5.18. The fourth-order valence-corrected chi connectivity index (χ4v) is 2.50. The average molecular weight is 277 g/mol. The van der Waals surface area contributed by atoms with Crippen molar-refractivity contribution >= 4 is 12.0 Å². The number of aliphatic carboxylic acids is 1. The molecule has 2 amide bonds. The maximum Gasteiger partial charge on any atom is 0.323 e. The lowest BCUT2D eigenvalue weighted by atomic mass is 10.2. The van der Waals surface area contributed by atoms with Gasteiger partial charge in [-0.1, -0.05) is 18.9 Å². The second-order valence-corrected chi connectivity index (χ2v) is 4.94. The molecular formula is C14H19N3O3. The lowest BCUT2D eigenvalue weighted by molar-refractivity contribution is -0.138.